The zero-order chi connectivity index (χ0) is 12.6. The van der Waals surface area contributed by atoms with Gasteiger partial charge in [0.1, 0.15) is 0 Å². The molecule has 94 valence electrons. The van der Waals surface area contributed by atoms with E-state index in [1.165, 1.54) is 0 Å². The Morgan fingerprint density at radius 2 is 2.06 bits per heavy atom. The number of amides is 1. The first kappa shape index (κ1) is 15.1. The van der Waals surface area contributed by atoms with E-state index in [-0.39, 0.29) is 12.5 Å². The maximum absolute atomic E-state index is 11.8. The van der Waals surface area contributed by atoms with E-state index >= 15 is 0 Å². The van der Waals surface area contributed by atoms with Gasteiger partial charge in [-0.3, -0.25) is 9.79 Å². The first-order valence-corrected chi connectivity index (χ1v) is 5.83. The van der Waals surface area contributed by atoms with Crippen molar-refractivity contribution in [1.29, 1.82) is 0 Å². The monoisotopic (exact) mass is 228 g/mol. The minimum absolute atomic E-state index is 0.00592. The zero-order valence-electron chi connectivity index (χ0n) is 10.8. The molecule has 0 aliphatic heterocycles. The molecule has 0 saturated carbocycles. The predicted molar refractivity (Wildman–Crippen MR) is 66.8 cm³/mol. The van der Waals surface area contributed by atoms with E-state index in [0.29, 0.717) is 19.5 Å². The summed E-state index contributed by atoms with van der Waals surface area (Å²) in [7, 11) is 0. The quantitative estimate of drug-likeness (QED) is 0.511. The van der Waals surface area contributed by atoms with E-state index < -0.39 is 5.41 Å². The van der Waals surface area contributed by atoms with Gasteiger partial charge in [-0.1, -0.05) is 6.92 Å². The number of hydrogen-bond donors (Lipinski definition) is 2. The van der Waals surface area contributed by atoms with Gasteiger partial charge in [-0.05, 0) is 33.6 Å². The van der Waals surface area contributed by atoms with E-state index in [1.807, 2.05) is 27.7 Å². The maximum Gasteiger partial charge on any atom is 0.227 e. The first-order valence-electron chi connectivity index (χ1n) is 5.83. The molecule has 0 spiro atoms. The van der Waals surface area contributed by atoms with Crippen molar-refractivity contribution in [3.8, 4) is 0 Å². The minimum atomic E-state index is -0.480. The second kappa shape index (κ2) is 7.39. The molecule has 0 rings (SSSR count). The van der Waals surface area contributed by atoms with Gasteiger partial charge in [-0.2, -0.15) is 0 Å². The van der Waals surface area contributed by atoms with Gasteiger partial charge in [0.25, 0.3) is 0 Å². The molecule has 2 N–H and O–H groups in total. The van der Waals surface area contributed by atoms with E-state index in [4.69, 9.17) is 5.11 Å². The molecule has 16 heavy (non-hydrogen) atoms. The number of aliphatic imine (C=N–C) groups is 1. The van der Waals surface area contributed by atoms with Gasteiger partial charge < -0.3 is 10.4 Å². The molecule has 0 heterocycles. The number of rotatable bonds is 7. The zero-order valence-corrected chi connectivity index (χ0v) is 10.8. The van der Waals surface area contributed by atoms with Gasteiger partial charge >= 0.3 is 0 Å². The number of aliphatic hydroxyl groups is 1. The second-order valence-corrected chi connectivity index (χ2v) is 4.62. The molecule has 0 bridgehead atoms. The standard InChI is InChI=1S/C12H24N2O2/c1-5-10(2)14-9-12(3,4)11(16)13-7-6-8-15/h15H,5-9H2,1-4H3,(H,13,16). The topological polar surface area (TPSA) is 61.7 Å². The Balaban J connectivity index is 4.15. The van der Waals surface area contributed by atoms with E-state index in [9.17, 15) is 4.79 Å². The van der Waals surface area contributed by atoms with E-state index in [1.54, 1.807) is 0 Å². The molecule has 4 nitrogen and oxygen atoms in total. The first-order chi connectivity index (χ1) is 7.44. The van der Waals surface area contributed by atoms with Crippen LogP contribution in [0.5, 0.6) is 0 Å². The van der Waals surface area contributed by atoms with Gasteiger partial charge in [0.15, 0.2) is 0 Å². The van der Waals surface area contributed by atoms with Gasteiger partial charge in [0.2, 0.25) is 5.91 Å². The molecule has 0 unspecified atom stereocenters. The molecule has 1 amide bonds. The van der Waals surface area contributed by atoms with Crippen LogP contribution >= 0.6 is 0 Å². The van der Waals surface area contributed by atoms with Gasteiger partial charge in [-0.15, -0.1) is 0 Å². The molecule has 0 aliphatic rings. The Labute approximate surface area is 98.2 Å². The van der Waals surface area contributed by atoms with Crippen LogP contribution in [0.15, 0.2) is 4.99 Å². The van der Waals surface area contributed by atoms with Crippen molar-refractivity contribution in [2.45, 2.75) is 40.5 Å². The van der Waals surface area contributed by atoms with Crippen molar-refractivity contribution in [2.75, 3.05) is 19.7 Å². The number of hydrogen-bond acceptors (Lipinski definition) is 3. The lowest BCUT2D eigenvalue weighted by atomic mass is 9.92. The van der Waals surface area contributed by atoms with Crippen LogP contribution in [0.3, 0.4) is 0 Å². The highest BCUT2D eigenvalue weighted by atomic mass is 16.3. The summed E-state index contributed by atoms with van der Waals surface area (Å²) in [6.45, 7) is 8.93. The maximum atomic E-state index is 11.8. The molecule has 0 saturated heterocycles. The van der Waals surface area contributed by atoms with Crippen molar-refractivity contribution in [2.24, 2.45) is 10.4 Å². The van der Waals surface area contributed by atoms with Crippen molar-refractivity contribution in [3.05, 3.63) is 0 Å². The molecule has 0 aromatic heterocycles. The third-order valence-electron chi connectivity index (χ3n) is 2.49. The second-order valence-electron chi connectivity index (χ2n) is 4.62. The summed E-state index contributed by atoms with van der Waals surface area (Å²) in [5.41, 5.74) is 0.586. The molecule has 0 aromatic carbocycles. The average Bonchev–Trinajstić information content (AvgIpc) is 2.26. The van der Waals surface area contributed by atoms with Crippen molar-refractivity contribution < 1.29 is 9.90 Å². The van der Waals surface area contributed by atoms with E-state index in [2.05, 4.69) is 10.3 Å². The fourth-order valence-corrected chi connectivity index (χ4v) is 1.04. The lowest BCUT2D eigenvalue weighted by Crippen LogP contribution is -2.39. The molecule has 0 aromatic rings. The van der Waals surface area contributed by atoms with Crippen LogP contribution in [0.4, 0.5) is 0 Å². The Bertz CT molecular complexity index is 247. The Hall–Kier alpha value is -0.900. The van der Waals surface area contributed by atoms with Crippen molar-refractivity contribution in [1.82, 2.24) is 5.32 Å². The summed E-state index contributed by atoms with van der Waals surface area (Å²) < 4.78 is 0. The van der Waals surface area contributed by atoms with Crippen LogP contribution < -0.4 is 5.32 Å². The average molecular weight is 228 g/mol. The lowest BCUT2D eigenvalue weighted by Gasteiger charge is -2.21. The van der Waals surface area contributed by atoms with Crippen LogP contribution in [0.2, 0.25) is 0 Å². The highest BCUT2D eigenvalue weighted by Crippen LogP contribution is 2.15. The third-order valence-corrected chi connectivity index (χ3v) is 2.49. The molecule has 4 heteroatoms. The molecule has 0 radical (unpaired) electrons. The van der Waals surface area contributed by atoms with Crippen LogP contribution in [0, 0.1) is 5.41 Å². The van der Waals surface area contributed by atoms with Crippen molar-refractivity contribution in [3.63, 3.8) is 0 Å². The normalized spacial score (nSPS) is 12.7. The highest BCUT2D eigenvalue weighted by molar-refractivity contribution is 5.84. The Kier molecular flexibility index (Phi) is 6.97. The number of nitrogens with one attached hydrogen (secondary N) is 1. The summed E-state index contributed by atoms with van der Waals surface area (Å²) in [5, 5.41) is 11.4. The van der Waals surface area contributed by atoms with Crippen LogP contribution in [-0.4, -0.2) is 36.4 Å². The summed E-state index contributed by atoms with van der Waals surface area (Å²) in [5.74, 6) is -0.00592. The smallest absolute Gasteiger partial charge is 0.227 e. The van der Waals surface area contributed by atoms with Gasteiger partial charge in [0.05, 0.1) is 12.0 Å². The highest BCUT2D eigenvalue weighted by Gasteiger charge is 2.26. The van der Waals surface area contributed by atoms with Crippen molar-refractivity contribution >= 4 is 11.6 Å². The largest absolute Gasteiger partial charge is 0.396 e. The number of nitrogens with zero attached hydrogens (tertiary/aromatic N) is 1. The molecule has 0 atom stereocenters. The van der Waals surface area contributed by atoms with Crippen LogP contribution in [-0.2, 0) is 4.79 Å². The molecular weight excluding hydrogens is 204 g/mol. The molecular formula is C12H24N2O2. The summed E-state index contributed by atoms with van der Waals surface area (Å²) in [6, 6.07) is 0. The molecule has 0 aliphatic carbocycles. The lowest BCUT2D eigenvalue weighted by molar-refractivity contribution is -0.128. The van der Waals surface area contributed by atoms with Crippen LogP contribution in [0.25, 0.3) is 0 Å². The van der Waals surface area contributed by atoms with E-state index in [0.717, 1.165) is 12.1 Å². The molecule has 0 fully saturated rings. The Morgan fingerprint density at radius 1 is 1.44 bits per heavy atom. The fraction of sp³-hybridized carbons (Fsp3) is 0.833. The number of carbonyl (C=O) groups is 1. The van der Waals surface area contributed by atoms with Crippen LogP contribution in [0.1, 0.15) is 40.5 Å². The Morgan fingerprint density at radius 3 is 2.56 bits per heavy atom. The SMILES string of the molecule is CCC(C)=NCC(C)(C)C(=O)NCCCO. The predicted octanol–water partition coefficient (Wildman–Crippen LogP) is 1.38. The number of carbonyl (C=O) groups excluding carboxylic acids is 1. The summed E-state index contributed by atoms with van der Waals surface area (Å²) in [6.07, 6.45) is 1.52. The third kappa shape index (κ3) is 5.85. The fourth-order valence-electron chi connectivity index (χ4n) is 1.04. The van der Waals surface area contributed by atoms with Gasteiger partial charge in [-0.25, -0.2) is 0 Å². The minimum Gasteiger partial charge on any atom is -0.396 e. The number of aliphatic hydroxyl groups excluding tert-OH is 1. The summed E-state index contributed by atoms with van der Waals surface area (Å²) in [4.78, 5) is 16.1. The van der Waals surface area contributed by atoms with Gasteiger partial charge in [0, 0.05) is 18.9 Å². The summed E-state index contributed by atoms with van der Waals surface area (Å²) >= 11 is 0.